The molecule has 1 aromatic rings. The van der Waals surface area contributed by atoms with Crippen molar-refractivity contribution >= 4 is 9.84 Å². The minimum Gasteiger partial charge on any atom is -0.484 e. The largest absolute Gasteiger partial charge is 0.484 e. The standard InChI is InChI=1S/C10H12F3NO3S/c1-7-8(5-18(2,15)16)14-4-3-9(7)17-6-10(11,12)13/h3-4H,5-6H2,1-2H3. The maximum absolute atomic E-state index is 12.0. The van der Waals surface area contributed by atoms with Crippen molar-refractivity contribution in [2.45, 2.75) is 18.9 Å². The van der Waals surface area contributed by atoms with E-state index in [2.05, 4.69) is 9.72 Å². The Morgan fingerprint density at radius 2 is 2.00 bits per heavy atom. The number of halogens is 3. The van der Waals surface area contributed by atoms with Crippen molar-refractivity contribution in [3.63, 3.8) is 0 Å². The second-order valence-corrected chi connectivity index (χ2v) is 5.99. The fourth-order valence-corrected chi connectivity index (χ4v) is 2.06. The van der Waals surface area contributed by atoms with Gasteiger partial charge in [-0.2, -0.15) is 13.2 Å². The highest BCUT2D eigenvalue weighted by Crippen LogP contribution is 2.23. The molecule has 0 saturated heterocycles. The summed E-state index contributed by atoms with van der Waals surface area (Å²) in [6, 6.07) is 1.27. The lowest BCUT2D eigenvalue weighted by Crippen LogP contribution is -2.20. The first-order valence-corrected chi connectivity index (χ1v) is 6.96. The second-order valence-electron chi connectivity index (χ2n) is 3.85. The van der Waals surface area contributed by atoms with Crippen molar-refractivity contribution in [1.82, 2.24) is 4.98 Å². The molecule has 1 aromatic heterocycles. The zero-order valence-corrected chi connectivity index (χ0v) is 10.6. The molecule has 0 aliphatic rings. The average Bonchev–Trinajstić information content (AvgIpc) is 2.16. The van der Waals surface area contributed by atoms with Gasteiger partial charge in [-0.25, -0.2) is 8.42 Å². The Balaban J connectivity index is 2.92. The van der Waals surface area contributed by atoms with Crippen LogP contribution < -0.4 is 4.74 Å². The average molecular weight is 283 g/mol. The molecule has 4 nitrogen and oxygen atoms in total. The van der Waals surface area contributed by atoms with Crippen molar-refractivity contribution in [3.8, 4) is 5.75 Å². The summed E-state index contributed by atoms with van der Waals surface area (Å²) >= 11 is 0. The normalized spacial score (nSPS) is 12.5. The van der Waals surface area contributed by atoms with Gasteiger partial charge >= 0.3 is 6.18 Å². The second kappa shape index (κ2) is 5.13. The highest BCUT2D eigenvalue weighted by atomic mass is 32.2. The predicted molar refractivity (Wildman–Crippen MR) is 59.1 cm³/mol. The van der Waals surface area contributed by atoms with Crippen LogP contribution in [0.1, 0.15) is 11.3 Å². The molecule has 0 fully saturated rings. The maximum Gasteiger partial charge on any atom is 0.422 e. The number of aromatic nitrogens is 1. The van der Waals surface area contributed by atoms with E-state index in [-0.39, 0.29) is 17.2 Å². The molecule has 1 rings (SSSR count). The summed E-state index contributed by atoms with van der Waals surface area (Å²) < 4.78 is 62.9. The molecule has 18 heavy (non-hydrogen) atoms. The quantitative estimate of drug-likeness (QED) is 0.846. The minimum absolute atomic E-state index is 0.0130. The molecular formula is C10H12F3NO3S. The molecule has 1 heterocycles. The highest BCUT2D eigenvalue weighted by molar-refractivity contribution is 7.89. The molecule has 0 spiro atoms. The fourth-order valence-electron chi connectivity index (χ4n) is 1.27. The van der Waals surface area contributed by atoms with Crippen LogP contribution in [0.3, 0.4) is 0 Å². The van der Waals surface area contributed by atoms with Gasteiger partial charge in [0.25, 0.3) is 0 Å². The Bertz CT molecular complexity index is 526. The van der Waals surface area contributed by atoms with Gasteiger partial charge in [0, 0.05) is 18.0 Å². The zero-order valence-electron chi connectivity index (χ0n) is 9.78. The number of alkyl halides is 3. The van der Waals surface area contributed by atoms with E-state index >= 15 is 0 Å². The topological polar surface area (TPSA) is 56.3 Å². The van der Waals surface area contributed by atoms with E-state index < -0.39 is 22.6 Å². The molecule has 0 amide bonds. The zero-order chi connectivity index (χ0) is 14.0. The Kier molecular flexibility index (Phi) is 4.20. The van der Waals surface area contributed by atoms with Gasteiger partial charge in [0.2, 0.25) is 0 Å². The lowest BCUT2D eigenvalue weighted by molar-refractivity contribution is -0.153. The molecule has 0 unspecified atom stereocenters. The van der Waals surface area contributed by atoms with Crippen LogP contribution in [0.15, 0.2) is 12.3 Å². The van der Waals surface area contributed by atoms with Gasteiger partial charge in [-0.15, -0.1) is 0 Å². The number of ether oxygens (including phenoxy) is 1. The summed E-state index contributed by atoms with van der Waals surface area (Å²) in [6.07, 6.45) is -2.19. The van der Waals surface area contributed by atoms with Crippen molar-refractivity contribution in [1.29, 1.82) is 0 Å². The lowest BCUT2D eigenvalue weighted by Gasteiger charge is -2.13. The SMILES string of the molecule is Cc1c(OCC(F)(F)F)ccnc1CS(C)(=O)=O. The third-order valence-electron chi connectivity index (χ3n) is 2.05. The predicted octanol–water partition coefficient (Wildman–Crippen LogP) is 1.88. The van der Waals surface area contributed by atoms with E-state index in [4.69, 9.17) is 0 Å². The molecule has 0 saturated carbocycles. The summed E-state index contributed by atoms with van der Waals surface area (Å²) in [4.78, 5) is 3.83. The summed E-state index contributed by atoms with van der Waals surface area (Å²) in [5.41, 5.74) is 0.490. The lowest BCUT2D eigenvalue weighted by atomic mass is 10.2. The van der Waals surface area contributed by atoms with Crippen LogP contribution in [0, 0.1) is 6.92 Å². The van der Waals surface area contributed by atoms with Crippen LogP contribution >= 0.6 is 0 Å². The number of hydrogen-bond donors (Lipinski definition) is 0. The summed E-state index contributed by atoms with van der Waals surface area (Å²) in [5, 5.41) is 0. The van der Waals surface area contributed by atoms with Crippen LogP contribution in [0.4, 0.5) is 13.2 Å². The third kappa shape index (κ3) is 4.91. The van der Waals surface area contributed by atoms with Crippen LogP contribution in [0.5, 0.6) is 5.75 Å². The fraction of sp³-hybridized carbons (Fsp3) is 0.500. The van der Waals surface area contributed by atoms with Gasteiger partial charge in [-0.3, -0.25) is 4.98 Å². The first kappa shape index (κ1) is 14.7. The number of hydrogen-bond acceptors (Lipinski definition) is 4. The van der Waals surface area contributed by atoms with Gasteiger partial charge in [-0.1, -0.05) is 0 Å². The molecule has 0 N–H and O–H groups in total. The van der Waals surface area contributed by atoms with Crippen LogP contribution in [0.25, 0.3) is 0 Å². The molecule has 102 valence electrons. The van der Waals surface area contributed by atoms with Gasteiger partial charge < -0.3 is 4.74 Å². The molecule has 0 atom stereocenters. The number of sulfone groups is 1. The molecule has 8 heteroatoms. The molecule has 0 aromatic carbocycles. The number of pyridine rings is 1. The van der Waals surface area contributed by atoms with Crippen LogP contribution in [-0.2, 0) is 15.6 Å². The van der Waals surface area contributed by atoms with Gasteiger partial charge in [-0.05, 0) is 13.0 Å². The summed E-state index contributed by atoms with van der Waals surface area (Å²) in [7, 11) is -3.30. The Hall–Kier alpha value is -1.31. The molecular weight excluding hydrogens is 271 g/mol. The van der Waals surface area contributed by atoms with E-state index in [1.54, 1.807) is 0 Å². The molecule has 0 aliphatic heterocycles. The maximum atomic E-state index is 12.0. The molecule has 0 radical (unpaired) electrons. The minimum atomic E-state index is -4.44. The highest BCUT2D eigenvalue weighted by Gasteiger charge is 2.28. The van der Waals surface area contributed by atoms with Crippen LogP contribution in [0.2, 0.25) is 0 Å². The van der Waals surface area contributed by atoms with E-state index in [0.29, 0.717) is 5.56 Å². The Morgan fingerprint density at radius 1 is 1.39 bits per heavy atom. The number of rotatable bonds is 4. The van der Waals surface area contributed by atoms with E-state index in [0.717, 1.165) is 6.26 Å². The third-order valence-corrected chi connectivity index (χ3v) is 2.85. The summed E-state index contributed by atoms with van der Waals surface area (Å²) in [6.45, 7) is 0.0510. The summed E-state index contributed by atoms with van der Waals surface area (Å²) in [5.74, 6) is -0.344. The van der Waals surface area contributed by atoms with E-state index in [1.807, 2.05) is 0 Å². The first-order chi connectivity index (χ1) is 8.08. The monoisotopic (exact) mass is 283 g/mol. The molecule has 0 aliphatic carbocycles. The van der Waals surface area contributed by atoms with Crippen molar-refractivity contribution in [2.24, 2.45) is 0 Å². The smallest absolute Gasteiger partial charge is 0.422 e. The van der Waals surface area contributed by atoms with Crippen molar-refractivity contribution in [3.05, 3.63) is 23.5 Å². The van der Waals surface area contributed by atoms with E-state index in [1.165, 1.54) is 19.2 Å². The van der Waals surface area contributed by atoms with Crippen LogP contribution in [-0.4, -0.2) is 32.4 Å². The Morgan fingerprint density at radius 3 is 2.50 bits per heavy atom. The van der Waals surface area contributed by atoms with Crippen molar-refractivity contribution in [2.75, 3.05) is 12.9 Å². The van der Waals surface area contributed by atoms with E-state index in [9.17, 15) is 21.6 Å². The van der Waals surface area contributed by atoms with Gasteiger partial charge in [0.15, 0.2) is 16.4 Å². The number of nitrogens with zero attached hydrogens (tertiary/aromatic N) is 1. The van der Waals surface area contributed by atoms with Gasteiger partial charge in [0.1, 0.15) is 5.75 Å². The van der Waals surface area contributed by atoms with Gasteiger partial charge in [0.05, 0.1) is 11.4 Å². The van der Waals surface area contributed by atoms with Crippen molar-refractivity contribution < 1.29 is 26.3 Å². The Labute approximate surface area is 103 Å². The first-order valence-electron chi connectivity index (χ1n) is 4.90. The molecule has 0 bridgehead atoms.